The van der Waals surface area contributed by atoms with Crippen LogP contribution in [-0.4, -0.2) is 18.3 Å². The molecule has 0 unspecified atom stereocenters. The molecule has 3 rings (SSSR count). The average Bonchev–Trinajstić information content (AvgIpc) is 3.17. The van der Waals surface area contributed by atoms with E-state index in [2.05, 4.69) is 41.3 Å². The quantitative estimate of drug-likeness (QED) is 0.874. The van der Waals surface area contributed by atoms with Crippen molar-refractivity contribution in [1.82, 2.24) is 5.32 Å². The molecule has 2 heteroatoms. The zero-order chi connectivity index (χ0) is 11.5. The molecule has 0 atom stereocenters. The number of piperidine rings is 1. The molecule has 1 heterocycles. The molecule has 0 bridgehead atoms. The van der Waals surface area contributed by atoms with Gasteiger partial charge in [-0.05, 0) is 62.7 Å². The largest absolute Gasteiger partial charge is 0.317 e. The van der Waals surface area contributed by atoms with Crippen LogP contribution in [0.3, 0.4) is 0 Å². The highest BCUT2D eigenvalue weighted by Crippen LogP contribution is 2.41. The molecule has 0 amide bonds. The van der Waals surface area contributed by atoms with Crippen LogP contribution in [0.1, 0.15) is 31.2 Å². The van der Waals surface area contributed by atoms with Gasteiger partial charge in [0.1, 0.15) is 0 Å². The summed E-state index contributed by atoms with van der Waals surface area (Å²) < 4.78 is 0. The Kier molecular flexibility index (Phi) is 3.72. The maximum atomic E-state index is 3.45. The fraction of sp³-hybridized carbons (Fsp3) is 0.600. The van der Waals surface area contributed by atoms with Gasteiger partial charge in [0, 0.05) is 10.1 Å². The van der Waals surface area contributed by atoms with Crippen molar-refractivity contribution in [1.29, 1.82) is 0 Å². The van der Waals surface area contributed by atoms with E-state index in [4.69, 9.17) is 0 Å². The molecule has 1 nitrogen and oxygen atoms in total. The molecule has 17 heavy (non-hydrogen) atoms. The maximum Gasteiger partial charge on any atom is 0.0107 e. The zero-order valence-electron chi connectivity index (χ0n) is 10.3. The highest BCUT2D eigenvalue weighted by atomic mass is 32.2. The fourth-order valence-corrected chi connectivity index (χ4v) is 3.74. The Morgan fingerprint density at radius 1 is 1.06 bits per heavy atom. The van der Waals surface area contributed by atoms with Crippen molar-refractivity contribution in [2.75, 3.05) is 13.1 Å². The second-order valence-electron chi connectivity index (χ2n) is 5.32. The van der Waals surface area contributed by atoms with Crippen LogP contribution in [0, 0.1) is 5.92 Å². The Bertz CT molecular complexity index is 367. The van der Waals surface area contributed by atoms with Gasteiger partial charge in [-0.25, -0.2) is 0 Å². The van der Waals surface area contributed by atoms with Gasteiger partial charge in [0.15, 0.2) is 0 Å². The van der Waals surface area contributed by atoms with Crippen molar-refractivity contribution in [3.63, 3.8) is 0 Å². The summed E-state index contributed by atoms with van der Waals surface area (Å²) in [5.41, 5.74) is 1.59. The Balaban J connectivity index is 1.67. The van der Waals surface area contributed by atoms with E-state index >= 15 is 0 Å². The summed E-state index contributed by atoms with van der Waals surface area (Å²) in [4.78, 5) is 1.55. The summed E-state index contributed by atoms with van der Waals surface area (Å²) in [6, 6.07) is 9.05. The first-order valence-corrected chi connectivity index (χ1v) is 7.75. The molecule has 1 saturated heterocycles. The van der Waals surface area contributed by atoms with Crippen molar-refractivity contribution in [3.05, 3.63) is 29.8 Å². The summed E-state index contributed by atoms with van der Waals surface area (Å²) >= 11 is 2.11. The second-order valence-corrected chi connectivity index (χ2v) is 6.66. The Hall–Kier alpha value is -0.470. The van der Waals surface area contributed by atoms with Crippen molar-refractivity contribution in [2.24, 2.45) is 5.92 Å². The molecule has 0 spiro atoms. The van der Waals surface area contributed by atoms with Gasteiger partial charge in [-0.1, -0.05) is 18.2 Å². The van der Waals surface area contributed by atoms with Gasteiger partial charge in [-0.2, -0.15) is 0 Å². The minimum absolute atomic E-state index is 0.900. The van der Waals surface area contributed by atoms with Gasteiger partial charge in [0.05, 0.1) is 0 Å². The number of hydrogen-bond donors (Lipinski definition) is 1. The Morgan fingerprint density at radius 2 is 1.82 bits per heavy atom. The normalized spacial score (nSPS) is 21.6. The summed E-state index contributed by atoms with van der Waals surface area (Å²) in [7, 11) is 0. The van der Waals surface area contributed by atoms with Crippen LogP contribution >= 0.6 is 11.8 Å². The number of rotatable bonds is 4. The molecule has 92 valence electrons. The number of nitrogens with one attached hydrogen (secondary N) is 1. The molecule has 1 N–H and O–H groups in total. The van der Waals surface area contributed by atoms with Gasteiger partial charge in [-0.3, -0.25) is 0 Å². The summed E-state index contributed by atoms with van der Waals surface area (Å²) in [5.74, 6) is 0.900. The van der Waals surface area contributed by atoms with Crippen LogP contribution in [0.25, 0.3) is 0 Å². The number of thioether (sulfide) groups is 1. The van der Waals surface area contributed by atoms with Crippen LogP contribution in [0.5, 0.6) is 0 Å². The third kappa shape index (κ3) is 3.26. The molecule has 1 aliphatic heterocycles. The zero-order valence-corrected chi connectivity index (χ0v) is 11.1. The first kappa shape index (κ1) is 11.6. The van der Waals surface area contributed by atoms with Gasteiger partial charge >= 0.3 is 0 Å². The van der Waals surface area contributed by atoms with E-state index in [0.29, 0.717) is 0 Å². The van der Waals surface area contributed by atoms with E-state index < -0.39 is 0 Å². The number of hydrogen-bond acceptors (Lipinski definition) is 2. The highest BCUT2D eigenvalue weighted by molar-refractivity contribution is 8.00. The van der Waals surface area contributed by atoms with Crippen LogP contribution in [0.4, 0.5) is 0 Å². The predicted octanol–water partition coefficient (Wildman–Crippen LogP) is 3.48. The van der Waals surface area contributed by atoms with Crippen molar-refractivity contribution in [2.45, 2.75) is 42.2 Å². The first-order chi connectivity index (χ1) is 8.42. The molecule has 0 aromatic heterocycles. The molecular weight excluding hydrogens is 226 g/mol. The highest BCUT2D eigenvalue weighted by Gasteiger charge is 2.24. The third-order valence-corrected chi connectivity index (χ3v) is 5.21. The van der Waals surface area contributed by atoms with E-state index in [0.717, 1.165) is 11.2 Å². The smallest absolute Gasteiger partial charge is 0.0107 e. The molecule has 1 aromatic rings. The van der Waals surface area contributed by atoms with Crippen LogP contribution in [0.15, 0.2) is 29.2 Å². The number of benzene rings is 1. The van der Waals surface area contributed by atoms with E-state index in [1.807, 2.05) is 0 Å². The van der Waals surface area contributed by atoms with E-state index in [1.165, 1.54) is 45.2 Å². The van der Waals surface area contributed by atoms with Crippen LogP contribution in [-0.2, 0) is 6.42 Å². The van der Waals surface area contributed by atoms with Gasteiger partial charge in [-0.15, -0.1) is 11.8 Å². The summed E-state index contributed by atoms with van der Waals surface area (Å²) in [6.45, 7) is 2.42. The van der Waals surface area contributed by atoms with Gasteiger partial charge in [0.2, 0.25) is 0 Å². The molecule has 1 aliphatic carbocycles. The third-order valence-electron chi connectivity index (χ3n) is 3.76. The molecule has 1 aromatic carbocycles. The van der Waals surface area contributed by atoms with Crippen molar-refractivity contribution in [3.8, 4) is 0 Å². The topological polar surface area (TPSA) is 12.0 Å². The lowest BCUT2D eigenvalue weighted by atomic mass is 9.91. The molecule has 1 saturated carbocycles. The Labute approximate surface area is 108 Å². The summed E-state index contributed by atoms with van der Waals surface area (Å²) in [5, 5.41) is 4.37. The van der Waals surface area contributed by atoms with Gasteiger partial charge in [0.25, 0.3) is 0 Å². The van der Waals surface area contributed by atoms with Crippen LogP contribution < -0.4 is 5.32 Å². The first-order valence-electron chi connectivity index (χ1n) is 6.87. The summed E-state index contributed by atoms with van der Waals surface area (Å²) in [6.07, 6.45) is 6.83. The maximum absolute atomic E-state index is 3.45. The van der Waals surface area contributed by atoms with E-state index in [-0.39, 0.29) is 0 Å². The average molecular weight is 247 g/mol. The standard InChI is InChI=1S/C15H21NS/c1-2-4-15(17-14-5-6-14)13(3-1)11-12-7-9-16-10-8-12/h1-4,12,14,16H,5-11H2. The molecule has 2 aliphatic rings. The minimum Gasteiger partial charge on any atom is -0.317 e. The van der Waals surface area contributed by atoms with Crippen LogP contribution in [0.2, 0.25) is 0 Å². The lowest BCUT2D eigenvalue weighted by Gasteiger charge is -2.23. The molecule has 2 fully saturated rings. The van der Waals surface area contributed by atoms with E-state index in [9.17, 15) is 0 Å². The van der Waals surface area contributed by atoms with Crippen molar-refractivity contribution >= 4 is 11.8 Å². The molecule has 0 radical (unpaired) electrons. The monoisotopic (exact) mass is 247 g/mol. The van der Waals surface area contributed by atoms with E-state index in [1.54, 1.807) is 10.5 Å². The minimum atomic E-state index is 0.900. The SMILES string of the molecule is c1ccc(SC2CC2)c(CC2CCNCC2)c1. The van der Waals surface area contributed by atoms with Gasteiger partial charge < -0.3 is 5.32 Å². The van der Waals surface area contributed by atoms with Crippen molar-refractivity contribution < 1.29 is 0 Å². The predicted molar refractivity (Wildman–Crippen MR) is 74.6 cm³/mol. The lowest BCUT2D eigenvalue weighted by Crippen LogP contribution is -2.28. The molecular formula is C15H21NS. The second kappa shape index (κ2) is 5.45. The fourth-order valence-electron chi connectivity index (χ4n) is 2.55. The lowest BCUT2D eigenvalue weighted by molar-refractivity contribution is 0.371. The Morgan fingerprint density at radius 3 is 2.59 bits per heavy atom.